The number of aliphatic hydroxyl groups is 1. The van der Waals surface area contributed by atoms with Crippen molar-refractivity contribution in [3.8, 4) is 11.1 Å². The van der Waals surface area contributed by atoms with E-state index in [1.54, 1.807) is 17.7 Å². The van der Waals surface area contributed by atoms with Crippen molar-refractivity contribution in [2.75, 3.05) is 18.0 Å². The fourth-order valence-corrected chi connectivity index (χ4v) is 6.42. The van der Waals surface area contributed by atoms with Gasteiger partial charge >= 0.3 is 0 Å². The zero-order chi connectivity index (χ0) is 22.4. The third-order valence-electron chi connectivity index (χ3n) is 7.13. The monoisotopic (exact) mass is 456 g/mol. The third-order valence-corrected chi connectivity index (χ3v) is 8.01. The van der Waals surface area contributed by atoms with Crippen molar-refractivity contribution in [2.45, 2.75) is 44.4 Å². The van der Waals surface area contributed by atoms with Crippen LogP contribution in [-0.4, -0.2) is 40.3 Å². The Labute approximate surface area is 198 Å². The second-order valence-corrected chi connectivity index (χ2v) is 10.1. The fourth-order valence-electron chi connectivity index (χ4n) is 5.51. The van der Waals surface area contributed by atoms with Crippen LogP contribution in [0.5, 0.6) is 0 Å². The number of benzene rings is 2. The van der Waals surface area contributed by atoms with E-state index in [0.717, 1.165) is 42.0 Å². The number of aromatic nitrogens is 2. The standard InChI is InChI=1S/C27H28N4OS/c1-17-6-8-18(9-7-17)22-15-33-27-24(22)26(29-16-30-27)31(20-10-12-28-13-11-20)25-21-5-3-2-4-19(21)14-23(25)32/h2-9,15-16,20,23,25,28,32H,10-14H2,1H3. The Balaban J connectivity index is 1.55. The molecule has 2 aliphatic rings. The van der Waals surface area contributed by atoms with E-state index in [2.05, 4.69) is 76.0 Å². The van der Waals surface area contributed by atoms with Gasteiger partial charge in [0.1, 0.15) is 17.0 Å². The highest BCUT2D eigenvalue weighted by molar-refractivity contribution is 7.17. The molecule has 5 nitrogen and oxygen atoms in total. The summed E-state index contributed by atoms with van der Waals surface area (Å²) in [4.78, 5) is 13.0. The molecule has 0 bridgehead atoms. The summed E-state index contributed by atoms with van der Waals surface area (Å²) < 4.78 is 0. The van der Waals surface area contributed by atoms with Crippen molar-refractivity contribution in [3.63, 3.8) is 0 Å². The highest BCUT2D eigenvalue weighted by Gasteiger charge is 2.40. The summed E-state index contributed by atoms with van der Waals surface area (Å²) in [6.45, 7) is 4.07. The quantitative estimate of drug-likeness (QED) is 0.458. The number of anilines is 1. The van der Waals surface area contributed by atoms with Crippen LogP contribution in [0.2, 0.25) is 0 Å². The number of hydrogen-bond donors (Lipinski definition) is 2. The van der Waals surface area contributed by atoms with Crippen molar-refractivity contribution in [2.24, 2.45) is 0 Å². The predicted octanol–water partition coefficient (Wildman–Crippen LogP) is 4.88. The fraction of sp³-hybridized carbons (Fsp3) is 0.333. The summed E-state index contributed by atoms with van der Waals surface area (Å²) >= 11 is 1.67. The zero-order valence-electron chi connectivity index (χ0n) is 18.7. The summed E-state index contributed by atoms with van der Waals surface area (Å²) in [5, 5.41) is 18.1. The highest BCUT2D eigenvalue weighted by Crippen LogP contribution is 2.45. The van der Waals surface area contributed by atoms with Gasteiger partial charge in [0.05, 0.1) is 17.5 Å². The van der Waals surface area contributed by atoms with Crippen LogP contribution in [0.25, 0.3) is 21.3 Å². The van der Waals surface area contributed by atoms with Crippen LogP contribution >= 0.6 is 11.3 Å². The molecule has 0 spiro atoms. The van der Waals surface area contributed by atoms with E-state index in [4.69, 9.17) is 4.98 Å². The van der Waals surface area contributed by atoms with Crippen LogP contribution in [0, 0.1) is 6.92 Å². The molecule has 6 heteroatoms. The molecule has 1 aliphatic heterocycles. The minimum atomic E-state index is -0.455. The summed E-state index contributed by atoms with van der Waals surface area (Å²) in [6.07, 6.45) is 3.98. The van der Waals surface area contributed by atoms with Crippen LogP contribution in [-0.2, 0) is 6.42 Å². The molecule has 1 fully saturated rings. The van der Waals surface area contributed by atoms with Gasteiger partial charge in [-0.3, -0.25) is 0 Å². The number of fused-ring (bicyclic) bond motifs is 2. The maximum absolute atomic E-state index is 11.3. The molecule has 2 unspecified atom stereocenters. The summed E-state index contributed by atoms with van der Waals surface area (Å²) in [5.41, 5.74) is 6.06. The molecule has 2 aromatic heterocycles. The average molecular weight is 457 g/mol. The van der Waals surface area contributed by atoms with Crippen molar-refractivity contribution in [1.29, 1.82) is 0 Å². The lowest BCUT2D eigenvalue weighted by atomic mass is 9.97. The SMILES string of the molecule is Cc1ccc(-c2csc3ncnc(N(C4CCNCC4)C4c5ccccc5CC4O)c23)cc1. The first-order chi connectivity index (χ1) is 16.2. The van der Waals surface area contributed by atoms with Gasteiger partial charge in [0.15, 0.2) is 0 Å². The highest BCUT2D eigenvalue weighted by atomic mass is 32.1. The summed E-state index contributed by atoms with van der Waals surface area (Å²) in [6, 6.07) is 17.4. The maximum atomic E-state index is 11.3. The van der Waals surface area contributed by atoms with E-state index in [-0.39, 0.29) is 6.04 Å². The van der Waals surface area contributed by atoms with Gasteiger partial charge in [0.2, 0.25) is 0 Å². The first-order valence-electron chi connectivity index (χ1n) is 11.7. The second kappa shape index (κ2) is 8.52. The molecule has 1 saturated heterocycles. The van der Waals surface area contributed by atoms with E-state index in [1.165, 1.54) is 27.8 Å². The van der Waals surface area contributed by atoms with E-state index in [0.29, 0.717) is 12.5 Å². The van der Waals surface area contributed by atoms with Crippen molar-refractivity contribution in [3.05, 3.63) is 76.9 Å². The van der Waals surface area contributed by atoms with Crippen molar-refractivity contribution >= 4 is 27.4 Å². The molecule has 6 rings (SSSR count). The van der Waals surface area contributed by atoms with Gasteiger partial charge in [-0.05, 0) is 49.5 Å². The van der Waals surface area contributed by atoms with Crippen molar-refractivity contribution in [1.82, 2.24) is 15.3 Å². The molecule has 168 valence electrons. The number of aliphatic hydroxyl groups excluding tert-OH is 1. The van der Waals surface area contributed by atoms with Crippen LogP contribution < -0.4 is 10.2 Å². The maximum Gasteiger partial charge on any atom is 0.142 e. The number of aryl methyl sites for hydroxylation is 1. The summed E-state index contributed by atoms with van der Waals surface area (Å²) in [7, 11) is 0. The molecule has 1 aliphatic carbocycles. The second-order valence-electron chi connectivity index (χ2n) is 9.20. The Kier molecular flexibility index (Phi) is 5.37. The lowest BCUT2D eigenvalue weighted by Crippen LogP contribution is -2.47. The Morgan fingerprint density at radius 2 is 1.82 bits per heavy atom. The number of nitrogens with zero attached hydrogens (tertiary/aromatic N) is 3. The topological polar surface area (TPSA) is 61.3 Å². The van der Waals surface area contributed by atoms with Gasteiger partial charge in [-0.2, -0.15) is 0 Å². The largest absolute Gasteiger partial charge is 0.390 e. The van der Waals surface area contributed by atoms with E-state index < -0.39 is 6.10 Å². The van der Waals surface area contributed by atoms with E-state index in [9.17, 15) is 5.11 Å². The molecular formula is C27H28N4OS. The third kappa shape index (κ3) is 3.62. The van der Waals surface area contributed by atoms with E-state index >= 15 is 0 Å². The zero-order valence-corrected chi connectivity index (χ0v) is 19.6. The number of piperidine rings is 1. The molecule has 2 N–H and O–H groups in total. The molecular weight excluding hydrogens is 428 g/mol. The van der Waals surface area contributed by atoms with Gasteiger partial charge < -0.3 is 15.3 Å². The van der Waals surface area contributed by atoms with Crippen LogP contribution in [0.15, 0.2) is 60.2 Å². The van der Waals surface area contributed by atoms with E-state index in [1.807, 2.05) is 0 Å². The first kappa shape index (κ1) is 20.8. The number of hydrogen-bond acceptors (Lipinski definition) is 6. The normalized spacial score (nSPS) is 20.8. The molecule has 0 radical (unpaired) electrons. The lowest BCUT2D eigenvalue weighted by molar-refractivity contribution is 0.147. The lowest BCUT2D eigenvalue weighted by Gasteiger charge is -2.41. The Morgan fingerprint density at radius 3 is 2.64 bits per heavy atom. The van der Waals surface area contributed by atoms with Gasteiger partial charge in [-0.1, -0.05) is 54.1 Å². The van der Waals surface area contributed by atoms with Crippen LogP contribution in [0.3, 0.4) is 0 Å². The van der Waals surface area contributed by atoms with Gasteiger partial charge in [-0.25, -0.2) is 9.97 Å². The smallest absolute Gasteiger partial charge is 0.142 e. The molecule has 0 saturated carbocycles. The molecule has 4 aromatic rings. The van der Waals surface area contributed by atoms with Crippen LogP contribution in [0.4, 0.5) is 5.82 Å². The predicted molar refractivity (Wildman–Crippen MR) is 135 cm³/mol. The van der Waals surface area contributed by atoms with Crippen molar-refractivity contribution < 1.29 is 5.11 Å². The Hall–Kier alpha value is -2.80. The van der Waals surface area contributed by atoms with Gasteiger partial charge in [0.25, 0.3) is 0 Å². The van der Waals surface area contributed by atoms with Gasteiger partial charge in [-0.15, -0.1) is 11.3 Å². The minimum Gasteiger partial charge on any atom is -0.390 e. The summed E-state index contributed by atoms with van der Waals surface area (Å²) in [5.74, 6) is 0.949. The Bertz CT molecular complexity index is 1280. The molecule has 2 atom stereocenters. The number of rotatable bonds is 4. The first-order valence-corrected chi connectivity index (χ1v) is 12.6. The molecule has 33 heavy (non-hydrogen) atoms. The van der Waals surface area contributed by atoms with Gasteiger partial charge in [0, 0.05) is 23.4 Å². The van der Waals surface area contributed by atoms with Crippen LogP contribution in [0.1, 0.15) is 35.6 Å². The molecule has 0 amide bonds. The molecule has 3 heterocycles. The minimum absolute atomic E-state index is 0.104. The Morgan fingerprint density at radius 1 is 1.03 bits per heavy atom. The molecule has 2 aromatic carbocycles. The number of thiophene rings is 1. The number of nitrogens with one attached hydrogen (secondary N) is 1. The average Bonchev–Trinajstić information content (AvgIpc) is 3.42.